The number of hydrogen-bond donors (Lipinski definition) is 2. The van der Waals surface area contributed by atoms with Gasteiger partial charge in [0.1, 0.15) is 22.0 Å². The van der Waals surface area contributed by atoms with Crippen LogP contribution in [0, 0.1) is 0 Å². The van der Waals surface area contributed by atoms with Crippen LogP contribution in [0.25, 0.3) is 10.3 Å². The molecule has 0 spiro atoms. The van der Waals surface area contributed by atoms with Crippen LogP contribution in [-0.2, 0) is 16.1 Å². The molecule has 3 aromatic heterocycles. The zero-order valence-corrected chi connectivity index (χ0v) is 24.0. The molecule has 0 aromatic carbocycles. The van der Waals surface area contributed by atoms with E-state index in [0.29, 0.717) is 6.54 Å². The van der Waals surface area contributed by atoms with E-state index in [1.807, 2.05) is 37.0 Å². The Morgan fingerprint density at radius 1 is 1.29 bits per heavy atom. The van der Waals surface area contributed by atoms with Crippen LogP contribution >= 0.6 is 11.3 Å². The molecule has 38 heavy (non-hydrogen) atoms. The van der Waals surface area contributed by atoms with E-state index in [9.17, 15) is 4.79 Å². The summed E-state index contributed by atoms with van der Waals surface area (Å²) in [4.78, 5) is 31.6. The number of nitrogens with zero attached hydrogens (tertiary/aromatic N) is 5. The van der Waals surface area contributed by atoms with E-state index in [1.54, 1.807) is 6.20 Å². The number of fused-ring (bicyclic) bond motifs is 1. The van der Waals surface area contributed by atoms with Gasteiger partial charge >= 0.3 is 0 Å². The number of nitrogens with one attached hydrogen (secondary N) is 2. The van der Waals surface area contributed by atoms with Crippen LogP contribution in [-0.4, -0.2) is 75.6 Å². The average Bonchev–Trinajstić information content (AvgIpc) is 3.48. The van der Waals surface area contributed by atoms with Gasteiger partial charge in [0.05, 0.1) is 12.2 Å². The Bertz CT molecular complexity index is 1240. The third-order valence-electron chi connectivity index (χ3n) is 6.41. The maximum absolute atomic E-state index is 12.6. The lowest BCUT2D eigenvalue weighted by Gasteiger charge is -2.24. The number of allylic oxidation sites excluding steroid dienone is 1. The molecule has 10 heteroatoms. The second-order valence-electron chi connectivity index (χ2n) is 10.3. The summed E-state index contributed by atoms with van der Waals surface area (Å²) in [7, 11) is 2.10. The minimum Gasteiger partial charge on any atom is -0.375 e. The molecule has 0 radical (unpaired) electrons. The first-order valence-corrected chi connectivity index (χ1v) is 14.0. The zero-order valence-electron chi connectivity index (χ0n) is 23.2. The van der Waals surface area contributed by atoms with Crippen molar-refractivity contribution in [3.8, 4) is 0 Å². The number of hydrogen-bond acceptors (Lipinski definition) is 9. The number of pyridine rings is 2. The summed E-state index contributed by atoms with van der Waals surface area (Å²) >= 11 is 1.50. The Balaban J connectivity index is 1.51. The van der Waals surface area contributed by atoms with Gasteiger partial charge in [-0.15, -0.1) is 0 Å². The first kappa shape index (κ1) is 27.9. The average molecular weight is 538 g/mol. The molecule has 0 unspecified atom stereocenters. The van der Waals surface area contributed by atoms with Gasteiger partial charge in [0.25, 0.3) is 0 Å². The summed E-state index contributed by atoms with van der Waals surface area (Å²) in [6.07, 6.45) is 4.86. The van der Waals surface area contributed by atoms with Gasteiger partial charge in [-0.3, -0.25) is 9.69 Å². The van der Waals surface area contributed by atoms with Crippen LogP contribution < -0.4 is 10.6 Å². The number of likely N-dealkylation sites (tertiary alicyclic amines) is 1. The molecule has 1 saturated heterocycles. The minimum atomic E-state index is 0.102. The second kappa shape index (κ2) is 12.6. The van der Waals surface area contributed by atoms with E-state index < -0.39 is 0 Å². The summed E-state index contributed by atoms with van der Waals surface area (Å²) in [6, 6.07) is 8.15. The predicted molar refractivity (Wildman–Crippen MR) is 155 cm³/mol. The van der Waals surface area contributed by atoms with Crippen LogP contribution in [0.3, 0.4) is 0 Å². The predicted octanol–water partition coefficient (Wildman–Crippen LogP) is 5.05. The van der Waals surface area contributed by atoms with E-state index >= 15 is 0 Å². The fourth-order valence-electron chi connectivity index (χ4n) is 4.72. The van der Waals surface area contributed by atoms with E-state index in [4.69, 9.17) is 9.72 Å². The Morgan fingerprint density at radius 2 is 2.08 bits per heavy atom. The number of anilines is 3. The third kappa shape index (κ3) is 7.49. The third-order valence-corrected chi connectivity index (χ3v) is 7.30. The number of carbonyl (C=O) groups excluding carboxylic acids is 1. The zero-order chi connectivity index (χ0) is 27.2. The van der Waals surface area contributed by atoms with Gasteiger partial charge in [-0.2, -0.15) is 0 Å². The molecule has 2 atom stereocenters. The van der Waals surface area contributed by atoms with Crippen molar-refractivity contribution >= 4 is 44.4 Å². The Morgan fingerprint density at radius 3 is 2.82 bits per heavy atom. The largest absolute Gasteiger partial charge is 0.375 e. The van der Waals surface area contributed by atoms with Gasteiger partial charge in [0.2, 0.25) is 5.91 Å². The number of carbonyl (C=O) groups is 1. The molecule has 1 aliphatic heterocycles. The highest BCUT2D eigenvalue weighted by molar-refractivity contribution is 7.21. The number of ether oxygens (including phenoxy) is 1. The van der Waals surface area contributed by atoms with Crippen LogP contribution in [0.5, 0.6) is 0 Å². The van der Waals surface area contributed by atoms with Crippen molar-refractivity contribution in [2.75, 3.05) is 37.3 Å². The molecule has 1 amide bonds. The van der Waals surface area contributed by atoms with Gasteiger partial charge in [-0.05, 0) is 77.9 Å². The molecule has 0 bridgehead atoms. The number of likely N-dealkylation sites (N-methyl/N-ethyl adjacent to an activating group) is 1. The van der Waals surface area contributed by atoms with E-state index in [2.05, 4.69) is 65.5 Å². The Hall–Kier alpha value is -3.08. The SMILES string of the molecule is C/C=C(\C)C(=O)N1CC[C@H](Nc2cc(CN(C)C[C@H](C)OC(C)C)cc(Nc3nc4cccnc4s3)n2)C1. The minimum absolute atomic E-state index is 0.102. The van der Waals surface area contributed by atoms with Crippen molar-refractivity contribution in [1.82, 2.24) is 24.8 Å². The number of aromatic nitrogens is 3. The summed E-state index contributed by atoms with van der Waals surface area (Å²) < 4.78 is 5.93. The van der Waals surface area contributed by atoms with Crippen molar-refractivity contribution in [2.45, 2.75) is 65.8 Å². The van der Waals surface area contributed by atoms with Gasteiger partial charge in [0, 0.05) is 44.0 Å². The molecule has 0 saturated carbocycles. The van der Waals surface area contributed by atoms with Crippen molar-refractivity contribution in [3.63, 3.8) is 0 Å². The molecule has 4 rings (SSSR count). The molecule has 204 valence electrons. The quantitative estimate of drug-likeness (QED) is 0.328. The summed E-state index contributed by atoms with van der Waals surface area (Å²) in [6.45, 7) is 13.0. The van der Waals surface area contributed by atoms with E-state index in [-0.39, 0.29) is 24.2 Å². The molecule has 1 aliphatic rings. The van der Waals surface area contributed by atoms with Crippen LogP contribution in [0.15, 0.2) is 42.1 Å². The molecule has 3 aromatic rings. The highest BCUT2D eigenvalue weighted by Gasteiger charge is 2.27. The molecular formula is C28H39N7O2S. The van der Waals surface area contributed by atoms with Crippen LogP contribution in [0.2, 0.25) is 0 Å². The fourth-order valence-corrected chi connectivity index (χ4v) is 5.53. The molecule has 0 aliphatic carbocycles. The lowest BCUT2D eigenvalue weighted by molar-refractivity contribution is -0.126. The van der Waals surface area contributed by atoms with Crippen molar-refractivity contribution in [3.05, 3.63) is 47.7 Å². The van der Waals surface area contributed by atoms with Crippen molar-refractivity contribution < 1.29 is 9.53 Å². The van der Waals surface area contributed by atoms with Gasteiger partial charge in [-0.25, -0.2) is 15.0 Å². The molecule has 4 heterocycles. The van der Waals surface area contributed by atoms with Crippen molar-refractivity contribution in [2.24, 2.45) is 0 Å². The molecule has 9 nitrogen and oxygen atoms in total. The Labute approximate surface area is 229 Å². The van der Waals surface area contributed by atoms with Gasteiger partial charge in [0.15, 0.2) is 5.13 Å². The second-order valence-corrected chi connectivity index (χ2v) is 11.2. The Kier molecular flexibility index (Phi) is 9.30. The highest BCUT2D eigenvalue weighted by Crippen LogP contribution is 2.28. The maximum atomic E-state index is 12.6. The fraction of sp³-hybridized carbons (Fsp3) is 0.500. The van der Waals surface area contributed by atoms with E-state index in [1.165, 1.54) is 11.3 Å². The number of rotatable bonds is 11. The van der Waals surface area contributed by atoms with Crippen molar-refractivity contribution in [1.29, 1.82) is 0 Å². The smallest absolute Gasteiger partial charge is 0.249 e. The lowest BCUT2D eigenvalue weighted by atomic mass is 10.2. The summed E-state index contributed by atoms with van der Waals surface area (Å²) in [5, 5.41) is 7.72. The monoisotopic (exact) mass is 537 g/mol. The normalized spacial score (nSPS) is 17.0. The first-order valence-electron chi connectivity index (χ1n) is 13.2. The highest BCUT2D eigenvalue weighted by atomic mass is 32.1. The van der Waals surface area contributed by atoms with Gasteiger partial charge in [-0.1, -0.05) is 17.4 Å². The van der Waals surface area contributed by atoms with Crippen LogP contribution in [0.1, 0.15) is 46.6 Å². The molecule has 1 fully saturated rings. The van der Waals surface area contributed by atoms with E-state index in [0.717, 1.165) is 64.3 Å². The number of amides is 1. The first-order chi connectivity index (χ1) is 18.2. The molecule has 2 N–H and O–H groups in total. The van der Waals surface area contributed by atoms with Crippen LogP contribution in [0.4, 0.5) is 16.8 Å². The maximum Gasteiger partial charge on any atom is 0.249 e. The summed E-state index contributed by atoms with van der Waals surface area (Å²) in [5.74, 6) is 1.61. The molecular weight excluding hydrogens is 498 g/mol. The standard InChI is InChI=1S/C28H39N7O2S/c1-7-19(4)27(36)35-12-10-22(17-35)30-24-13-21(16-34(6)15-20(5)37-18(2)3)14-25(32-24)33-28-31-23-9-8-11-29-26(23)38-28/h7-9,11,13-14,18,20,22H,10,12,15-17H2,1-6H3,(H2,30,31,32,33)/b19-7+/t20-,22-/m0/s1. The lowest BCUT2D eigenvalue weighted by Crippen LogP contribution is -2.32. The number of thiazole rings is 1. The summed E-state index contributed by atoms with van der Waals surface area (Å²) in [5.41, 5.74) is 2.76. The topological polar surface area (TPSA) is 95.5 Å². The van der Waals surface area contributed by atoms with Gasteiger partial charge < -0.3 is 20.3 Å².